The van der Waals surface area contributed by atoms with E-state index in [0.29, 0.717) is 17.6 Å². The predicted molar refractivity (Wildman–Crippen MR) is 87.9 cm³/mol. The topological polar surface area (TPSA) is 21.3 Å². The molecule has 2 nitrogen and oxygen atoms in total. The summed E-state index contributed by atoms with van der Waals surface area (Å²) in [5.74, 6) is 1.04. The van der Waals surface area contributed by atoms with Gasteiger partial charge < -0.3 is 10.1 Å². The molecule has 1 aromatic rings. The minimum absolute atomic E-state index is 0.207. The van der Waals surface area contributed by atoms with Crippen LogP contribution in [0.15, 0.2) is 24.3 Å². The number of hydrogen-bond acceptors (Lipinski definition) is 2. The van der Waals surface area contributed by atoms with Crippen LogP contribution in [0, 0.1) is 5.41 Å². The summed E-state index contributed by atoms with van der Waals surface area (Å²) in [6.07, 6.45) is 6.92. The van der Waals surface area contributed by atoms with Gasteiger partial charge >= 0.3 is 0 Å². The van der Waals surface area contributed by atoms with E-state index in [0.717, 1.165) is 12.2 Å². The molecule has 1 aromatic carbocycles. The fourth-order valence-corrected chi connectivity index (χ4v) is 4.22. The monoisotopic (exact) mass is 287 g/mol. The highest BCUT2D eigenvalue weighted by Gasteiger charge is 2.56. The van der Waals surface area contributed by atoms with E-state index in [9.17, 15) is 0 Å². The normalized spacial score (nSPS) is 27.6. The molecule has 1 spiro atoms. The summed E-state index contributed by atoms with van der Waals surface area (Å²) in [4.78, 5) is 0. The molecule has 2 saturated carbocycles. The zero-order valence-corrected chi connectivity index (χ0v) is 13.9. The second-order valence-corrected chi connectivity index (χ2v) is 7.90. The predicted octanol–water partition coefficient (Wildman–Crippen LogP) is 4.28. The molecule has 0 saturated heterocycles. The number of rotatable bonds is 3. The fourth-order valence-electron chi connectivity index (χ4n) is 4.22. The molecule has 0 aliphatic heterocycles. The Bertz CT molecular complexity index is 479. The van der Waals surface area contributed by atoms with Crippen LogP contribution in [-0.2, 0) is 5.41 Å². The van der Waals surface area contributed by atoms with Gasteiger partial charge in [-0.1, -0.05) is 45.7 Å². The lowest BCUT2D eigenvalue weighted by Gasteiger charge is -2.53. The molecule has 2 heteroatoms. The van der Waals surface area contributed by atoms with Crippen LogP contribution in [0.25, 0.3) is 0 Å². The Morgan fingerprint density at radius 3 is 2.24 bits per heavy atom. The van der Waals surface area contributed by atoms with E-state index >= 15 is 0 Å². The fraction of sp³-hybridized carbons (Fsp3) is 0.684. The van der Waals surface area contributed by atoms with Gasteiger partial charge in [-0.25, -0.2) is 0 Å². The van der Waals surface area contributed by atoms with Crippen molar-refractivity contribution in [2.75, 3.05) is 7.05 Å². The SMILES string of the molecule is CNC1CC(Oc2ccc(C(C)(C)C)cc2)C12CCCC2. The second kappa shape index (κ2) is 5.31. The first-order valence-electron chi connectivity index (χ1n) is 8.40. The van der Waals surface area contributed by atoms with E-state index in [4.69, 9.17) is 4.74 Å². The van der Waals surface area contributed by atoms with Crippen LogP contribution in [-0.4, -0.2) is 19.2 Å². The number of hydrogen-bond donors (Lipinski definition) is 1. The van der Waals surface area contributed by atoms with Crippen LogP contribution >= 0.6 is 0 Å². The summed E-state index contributed by atoms with van der Waals surface area (Å²) in [5.41, 5.74) is 1.98. The molecule has 0 aromatic heterocycles. The Labute approximate surface area is 129 Å². The van der Waals surface area contributed by atoms with Crippen LogP contribution in [0.1, 0.15) is 58.4 Å². The van der Waals surface area contributed by atoms with Crippen molar-refractivity contribution in [2.45, 2.75) is 70.4 Å². The van der Waals surface area contributed by atoms with Gasteiger partial charge in [0.15, 0.2) is 0 Å². The molecule has 0 bridgehead atoms. The highest BCUT2D eigenvalue weighted by atomic mass is 16.5. The maximum absolute atomic E-state index is 6.35. The van der Waals surface area contributed by atoms with Crippen LogP contribution in [0.4, 0.5) is 0 Å². The molecule has 2 unspecified atom stereocenters. The van der Waals surface area contributed by atoms with Crippen molar-refractivity contribution in [3.8, 4) is 5.75 Å². The first-order chi connectivity index (χ1) is 9.95. The van der Waals surface area contributed by atoms with Crippen LogP contribution in [0.2, 0.25) is 0 Å². The number of nitrogens with one attached hydrogen (secondary N) is 1. The second-order valence-electron chi connectivity index (χ2n) is 7.90. The maximum Gasteiger partial charge on any atom is 0.119 e. The zero-order chi connectivity index (χ0) is 15.1. The third-order valence-electron chi connectivity index (χ3n) is 5.67. The lowest BCUT2D eigenvalue weighted by atomic mass is 9.60. The summed E-state index contributed by atoms with van der Waals surface area (Å²) in [6, 6.07) is 9.38. The first-order valence-corrected chi connectivity index (χ1v) is 8.40. The lowest BCUT2D eigenvalue weighted by molar-refractivity contribution is -0.0736. The summed E-state index contributed by atoms with van der Waals surface area (Å²) in [5, 5.41) is 3.50. The minimum Gasteiger partial charge on any atom is -0.490 e. The summed E-state index contributed by atoms with van der Waals surface area (Å²) < 4.78 is 6.35. The molecular formula is C19H29NO. The molecule has 0 amide bonds. The molecule has 0 heterocycles. The summed E-state index contributed by atoms with van der Waals surface area (Å²) in [6.45, 7) is 6.75. The molecule has 2 fully saturated rings. The van der Waals surface area contributed by atoms with Crippen molar-refractivity contribution in [1.82, 2.24) is 5.32 Å². The minimum atomic E-state index is 0.207. The van der Waals surface area contributed by atoms with Gasteiger partial charge in [0.2, 0.25) is 0 Å². The molecule has 3 rings (SSSR count). The van der Waals surface area contributed by atoms with Gasteiger partial charge in [0, 0.05) is 17.9 Å². The third-order valence-corrected chi connectivity index (χ3v) is 5.67. The van der Waals surface area contributed by atoms with E-state index in [-0.39, 0.29) is 5.41 Å². The van der Waals surface area contributed by atoms with E-state index in [1.807, 2.05) is 0 Å². The van der Waals surface area contributed by atoms with Gasteiger partial charge in [0.25, 0.3) is 0 Å². The molecule has 2 aliphatic carbocycles. The van der Waals surface area contributed by atoms with Crippen LogP contribution < -0.4 is 10.1 Å². The third kappa shape index (κ3) is 2.59. The average molecular weight is 287 g/mol. The van der Waals surface area contributed by atoms with Crippen molar-refractivity contribution in [3.05, 3.63) is 29.8 Å². The summed E-state index contributed by atoms with van der Waals surface area (Å²) in [7, 11) is 2.10. The molecule has 2 aliphatic rings. The smallest absolute Gasteiger partial charge is 0.119 e. The molecule has 0 radical (unpaired) electrons. The van der Waals surface area contributed by atoms with Crippen molar-refractivity contribution in [3.63, 3.8) is 0 Å². The zero-order valence-electron chi connectivity index (χ0n) is 13.9. The molecule has 1 N–H and O–H groups in total. The first kappa shape index (κ1) is 14.9. The van der Waals surface area contributed by atoms with E-state index in [1.165, 1.54) is 31.2 Å². The highest BCUT2D eigenvalue weighted by Crippen LogP contribution is 2.54. The Morgan fingerprint density at radius 1 is 1.10 bits per heavy atom. The Kier molecular flexibility index (Phi) is 3.77. The van der Waals surface area contributed by atoms with Crippen molar-refractivity contribution in [1.29, 1.82) is 0 Å². The van der Waals surface area contributed by atoms with Crippen molar-refractivity contribution in [2.24, 2.45) is 5.41 Å². The Hall–Kier alpha value is -1.02. The van der Waals surface area contributed by atoms with Crippen molar-refractivity contribution < 1.29 is 4.74 Å². The van der Waals surface area contributed by atoms with Gasteiger partial charge in [-0.15, -0.1) is 0 Å². The Balaban J connectivity index is 1.70. The van der Waals surface area contributed by atoms with Crippen LogP contribution in [0.5, 0.6) is 5.75 Å². The van der Waals surface area contributed by atoms with Gasteiger partial charge in [-0.2, -0.15) is 0 Å². The van der Waals surface area contributed by atoms with Gasteiger partial charge in [-0.3, -0.25) is 0 Å². The van der Waals surface area contributed by atoms with E-state index in [1.54, 1.807) is 0 Å². The lowest BCUT2D eigenvalue weighted by Crippen LogP contribution is -2.63. The standard InChI is InChI=1S/C19H29NO/c1-18(2,3)14-7-9-15(10-8-14)21-17-13-16(20-4)19(17)11-5-6-12-19/h7-10,16-17,20H,5-6,11-13H2,1-4H3. The molecule has 2 atom stereocenters. The van der Waals surface area contributed by atoms with Crippen LogP contribution in [0.3, 0.4) is 0 Å². The highest BCUT2D eigenvalue weighted by molar-refractivity contribution is 5.32. The van der Waals surface area contributed by atoms with Crippen molar-refractivity contribution >= 4 is 0 Å². The van der Waals surface area contributed by atoms with E-state index in [2.05, 4.69) is 57.4 Å². The van der Waals surface area contributed by atoms with Gasteiger partial charge in [0.1, 0.15) is 11.9 Å². The molecular weight excluding hydrogens is 258 g/mol. The number of benzene rings is 1. The van der Waals surface area contributed by atoms with E-state index < -0.39 is 0 Å². The average Bonchev–Trinajstić information content (AvgIpc) is 2.95. The van der Waals surface area contributed by atoms with Gasteiger partial charge in [0.05, 0.1) is 0 Å². The quantitative estimate of drug-likeness (QED) is 0.895. The maximum atomic E-state index is 6.35. The Morgan fingerprint density at radius 2 is 1.71 bits per heavy atom. The largest absolute Gasteiger partial charge is 0.490 e. The number of ether oxygens (including phenoxy) is 1. The van der Waals surface area contributed by atoms with Gasteiger partial charge in [-0.05, 0) is 43.0 Å². The molecule has 21 heavy (non-hydrogen) atoms. The molecule has 116 valence electrons. The summed E-state index contributed by atoms with van der Waals surface area (Å²) >= 11 is 0.